The zero-order valence-electron chi connectivity index (χ0n) is 43.3. The molecule has 2 saturated heterocycles. The topological polar surface area (TPSA) is 190 Å². The molecule has 16 nitrogen and oxygen atoms in total. The normalized spacial score (nSPS) is 16.9. The fraction of sp³-hybridized carbons (Fsp3) is 0.379. The third-order valence-electron chi connectivity index (χ3n) is 14.5. The van der Waals surface area contributed by atoms with Crippen LogP contribution in [0.15, 0.2) is 91.0 Å². The lowest BCUT2D eigenvalue weighted by atomic mass is 9.88. The molecular formula is C58H63N9O7S. The summed E-state index contributed by atoms with van der Waals surface area (Å²) in [5, 5.41) is 14.5. The number of benzene rings is 4. The van der Waals surface area contributed by atoms with Crippen molar-refractivity contribution < 1.29 is 33.4 Å². The molecule has 10 rings (SSSR count). The van der Waals surface area contributed by atoms with Crippen molar-refractivity contribution in [3.05, 3.63) is 125 Å². The van der Waals surface area contributed by atoms with E-state index in [1.165, 1.54) is 11.3 Å². The number of likely N-dealkylation sites (tertiary alicyclic amines) is 1. The molecule has 3 N–H and O–H groups in total. The number of carbonyl (C=O) groups excluding carboxylic acids is 5. The second kappa shape index (κ2) is 21.4. The number of aromatic nitrogens is 4. The molecule has 2 fully saturated rings. The van der Waals surface area contributed by atoms with Crippen LogP contribution < -0.4 is 25.6 Å². The fourth-order valence-corrected chi connectivity index (χ4v) is 11.6. The lowest BCUT2D eigenvalue weighted by molar-refractivity contribution is -0.134. The van der Waals surface area contributed by atoms with Crippen LogP contribution in [-0.4, -0.2) is 92.6 Å². The van der Waals surface area contributed by atoms with Crippen LogP contribution in [0, 0.1) is 18.8 Å². The number of hydrogen-bond donors (Lipinski definition) is 3. The number of carbonyl (C=O) groups is 5. The number of esters is 1. The van der Waals surface area contributed by atoms with Gasteiger partial charge in [0.05, 0.1) is 40.5 Å². The molecule has 7 aromatic rings. The molecule has 3 aromatic heterocycles. The highest BCUT2D eigenvalue weighted by molar-refractivity contribution is 7.22. The molecule has 4 amide bonds. The van der Waals surface area contributed by atoms with E-state index >= 15 is 0 Å². The third kappa shape index (κ3) is 11.4. The molecule has 0 radical (unpaired) electrons. The Balaban J connectivity index is 0.752. The zero-order valence-corrected chi connectivity index (χ0v) is 44.1. The van der Waals surface area contributed by atoms with E-state index in [9.17, 15) is 24.0 Å². The fourth-order valence-electron chi connectivity index (χ4n) is 10.7. The minimum Gasteiger partial charge on any atom is -0.493 e. The van der Waals surface area contributed by atoms with Gasteiger partial charge in [-0.1, -0.05) is 54.7 Å². The lowest BCUT2D eigenvalue weighted by Gasteiger charge is -2.32. The van der Waals surface area contributed by atoms with Gasteiger partial charge >= 0.3 is 5.97 Å². The van der Waals surface area contributed by atoms with Gasteiger partial charge in [0.15, 0.2) is 10.8 Å². The number of aryl methyl sites for hydroxylation is 1. The molecular weight excluding hydrogens is 967 g/mol. The Bertz CT molecular complexity index is 3320. The molecule has 6 heterocycles. The maximum absolute atomic E-state index is 14.1. The summed E-state index contributed by atoms with van der Waals surface area (Å²) in [6.45, 7) is 13.3. The van der Waals surface area contributed by atoms with Gasteiger partial charge in [0.2, 0.25) is 17.7 Å². The van der Waals surface area contributed by atoms with Gasteiger partial charge < -0.3 is 19.7 Å². The summed E-state index contributed by atoms with van der Waals surface area (Å²) >= 11 is 1.44. The Kier molecular flexibility index (Phi) is 14.5. The average molecular weight is 1030 g/mol. The van der Waals surface area contributed by atoms with Crippen molar-refractivity contribution in [2.75, 3.05) is 48.3 Å². The molecule has 0 saturated carbocycles. The van der Waals surface area contributed by atoms with Crippen LogP contribution in [0.3, 0.4) is 0 Å². The maximum atomic E-state index is 14.1. The Labute approximate surface area is 440 Å². The van der Waals surface area contributed by atoms with Gasteiger partial charge in [-0.15, -0.1) is 0 Å². The predicted octanol–water partition coefficient (Wildman–Crippen LogP) is 9.60. The van der Waals surface area contributed by atoms with E-state index in [1.807, 2.05) is 120 Å². The highest BCUT2D eigenvalue weighted by Gasteiger charge is 2.33. The van der Waals surface area contributed by atoms with Crippen molar-refractivity contribution in [1.82, 2.24) is 30.0 Å². The lowest BCUT2D eigenvalue weighted by Crippen LogP contribution is -2.39. The zero-order chi connectivity index (χ0) is 52.5. The average Bonchev–Trinajstić information content (AvgIpc) is 3.96. The quantitative estimate of drug-likeness (QED) is 0.0692. The van der Waals surface area contributed by atoms with Gasteiger partial charge in [-0.2, -0.15) is 5.10 Å². The first-order valence-electron chi connectivity index (χ1n) is 25.9. The minimum absolute atomic E-state index is 0.0865. The molecule has 75 heavy (non-hydrogen) atoms. The smallest absolute Gasteiger partial charge is 0.358 e. The summed E-state index contributed by atoms with van der Waals surface area (Å²) < 4.78 is 15.2. The van der Waals surface area contributed by atoms with Crippen molar-refractivity contribution >= 4 is 78.7 Å². The van der Waals surface area contributed by atoms with Crippen molar-refractivity contribution in [2.24, 2.45) is 18.9 Å². The van der Waals surface area contributed by atoms with Gasteiger partial charge in [0, 0.05) is 48.8 Å². The van der Waals surface area contributed by atoms with Crippen LogP contribution in [0.4, 0.5) is 16.6 Å². The molecule has 0 bridgehead atoms. The summed E-state index contributed by atoms with van der Waals surface area (Å²) in [4.78, 5) is 79.4. The van der Waals surface area contributed by atoms with Gasteiger partial charge in [0.1, 0.15) is 17.2 Å². The number of fused-ring (bicyclic) bond motifs is 3. The highest BCUT2D eigenvalue weighted by Crippen LogP contribution is 2.37. The number of imide groups is 1. The summed E-state index contributed by atoms with van der Waals surface area (Å²) in [5.74, 6) is 0.215. The number of ether oxygens (including phenoxy) is 2. The number of nitrogens with zero attached hydrogens (tertiary/aromatic N) is 6. The monoisotopic (exact) mass is 1030 g/mol. The van der Waals surface area contributed by atoms with E-state index in [0.29, 0.717) is 78.5 Å². The molecule has 2 atom stereocenters. The van der Waals surface area contributed by atoms with E-state index in [0.717, 1.165) is 81.5 Å². The van der Waals surface area contributed by atoms with E-state index in [4.69, 9.17) is 14.5 Å². The molecule has 2 unspecified atom stereocenters. The summed E-state index contributed by atoms with van der Waals surface area (Å²) in [7, 11) is 1.81. The van der Waals surface area contributed by atoms with E-state index in [-0.39, 0.29) is 41.7 Å². The number of pyridine rings is 1. The second-order valence-electron chi connectivity index (χ2n) is 21.2. The van der Waals surface area contributed by atoms with E-state index < -0.39 is 17.5 Å². The summed E-state index contributed by atoms with van der Waals surface area (Å²) in [5.41, 5.74) is 7.34. The Hall–Kier alpha value is -7.50. The Morgan fingerprint density at radius 1 is 0.880 bits per heavy atom. The number of nitrogens with one attached hydrogen (secondary N) is 3. The molecule has 17 heteroatoms. The van der Waals surface area contributed by atoms with Crippen molar-refractivity contribution in [2.45, 2.75) is 91.2 Å². The number of hydrogen-bond acceptors (Lipinski definition) is 13. The number of para-hydroxylation sites is 1. The van der Waals surface area contributed by atoms with E-state index in [1.54, 1.807) is 4.68 Å². The first-order valence-corrected chi connectivity index (χ1v) is 26.7. The predicted molar refractivity (Wildman–Crippen MR) is 291 cm³/mol. The van der Waals surface area contributed by atoms with E-state index in [2.05, 4.69) is 48.8 Å². The maximum Gasteiger partial charge on any atom is 0.358 e. The summed E-state index contributed by atoms with van der Waals surface area (Å²) in [6, 6.07) is 29.0. The van der Waals surface area contributed by atoms with Crippen molar-refractivity contribution in [3.8, 4) is 16.9 Å². The molecule has 4 aromatic carbocycles. The first kappa shape index (κ1) is 51.0. The highest BCUT2D eigenvalue weighted by atomic mass is 32.1. The number of anilines is 3. The molecule has 0 spiro atoms. The second-order valence-corrected chi connectivity index (χ2v) is 22.2. The van der Waals surface area contributed by atoms with Crippen LogP contribution in [-0.2, 0) is 39.1 Å². The van der Waals surface area contributed by atoms with Crippen LogP contribution >= 0.6 is 11.3 Å². The van der Waals surface area contributed by atoms with Gasteiger partial charge in [-0.25, -0.2) is 14.8 Å². The summed E-state index contributed by atoms with van der Waals surface area (Å²) in [6.07, 6.45) is 4.36. The van der Waals surface area contributed by atoms with Gasteiger partial charge in [-0.05, 0) is 162 Å². The number of thiazole rings is 1. The largest absolute Gasteiger partial charge is 0.493 e. The number of piperidine rings is 2. The SMILES string of the molecule is Cc1c(OCC(C)CC2CCN(CC(=O)Nc3ccc4c(C5CCC(=O)NC5=O)nn(C)c4c3)CC2)cccc1-c1ccc(N2CCc3cccc(C(=O)Nc4nc5ccccc5s4)c3C2)nc1C(=O)OC(C)(C)C. The Morgan fingerprint density at radius 2 is 1.68 bits per heavy atom. The third-order valence-corrected chi connectivity index (χ3v) is 15.4. The van der Waals surface area contributed by atoms with Crippen LogP contribution in [0.25, 0.3) is 32.2 Å². The minimum atomic E-state index is -0.754. The van der Waals surface area contributed by atoms with Gasteiger partial charge in [0.25, 0.3) is 5.91 Å². The van der Waals surface area contributed by atoms with Gasteiger partial charge in [-0.3, -0.25) is 39.4 Å². The van der Waals surface area contributed by atoms with Crippen LogP contribution in [0.1, 0.15) is 109 Å². The Morgan fingerprint density at radius 3 is 2.47 bits per heavy atom. The molecule has 3 aliphatic heterocycles. The molecule has 388 valence electrons. The standard InChI is InChI=1S/C58H63N9O7S/c1-34(29-36-23-26-66(27-24-36)32-51(69)59-38-17-18-42-46(30-38)65(6)64-52(42)43-20-22-50(68)62-55(43)71)33-73-47-15-10-12-39(35(47)2)40-19-21-49(61-53(40)56(72)74-58(3,4)5)67-28-25-37-11-9-13-41(44(37)31-67)54(70)63-57-60-45-14-7-8-16-48(45)75-57/h7-19,21,30,34,36,43H,20,22-29,31-33H2,1-6H3,(H,59,69)(H,60,63,70)(H,62,68,71). The van der Waals surface area contributed by atoms with Crippen LogP contribution in [0.5, 0.6) is 5.75 Å². The number of rotatable bonds is 14. The van der Waals surface area contributed by atoms with Crippen LogP contribution in [0.2, 0.25) is 0 Å². The first-order chi connectivity index (χ1) is 36.0. The van der Waals surface area contributed by atoms with Crippen molar-refractivity contribution in [1.29, 1.82) is 0 Å². The molecule has 3 aliphatic rings. The van der Waals surface area contributed by atoms with Crippen molar-refractivity contribution in [3.63, 3.8) is 0 Å². The molecule has 0 aliphatic carbocycles. The number of amides is 4.